The summed E-state index contributed by atoms with van der Waals surface area (Å²) in [6.45, 7) is 0.509. The Balaban J connectivity index is 2.42. The molecule has 78 valence electrons. The highest BCUT2D eigenvalue weighted by atomic mass is 16.7. The maximum absolute atomic E-state index is 8.52. The molecule has 0 aliphatic heterocycles. The smallest absolute Gasteiger partial charge is 0.226 e. The number of aromatic nitrogens is 1. The van der Waals surface area contributed by atoms with Crippen LogP contribution in [0.1, 0.15) is 0 Å². The Morgan fingerprint density at radius 2 is 1.71 bits per heavy atom. The zero-order valence-corrected chi connectivity index (χ0v) is 7.80. The normalized spacial score (nSPS) is 9.86. The van der Waals surface area contributed by atoms with Crippen LogP contribution in [0.3, 0.4) is 0 Å². The Bertz CT molecular complexity index is 222. The van der Waals surface area contributed by atoms with E-state index in [1.54, 1.807) is 24.5 Å². The van der Waals surface area contributed by atoms with Crippen LogP contribution in [0.15, 0.2) is 24.5 Å². The molecule has 0 saturated heterocycles. The van der Waals surface area contributed by atoms with Crippen molar-refractivity contribution < 1.29 is 24.5 Å². The maximum Gasteiger partial charge on any atom is 0.226 e. The molecule has 0 aliphatic rings. The number of pyridine rings is 1. The first-order valence-electron chi connectivity index (χ1n) is 4.36. The second-order valence-electron chi connectivity index (χ2n) is 2.52. The van der Waals surface area contributed by atoms with E-state index in [4.69, 9.17) is 19.8 Å². The third-order valence-electron chi connectivity index (χ3n) is 1.46. The van der Waals surface area contributed by atoms with Crippen molar-refractivity contribution >= 4 is 0 Å². The van der Waals surface area contributed by atoms with Gasteiger partial charge in [0, 0.05) is 16.9 Å². The van der Waals surface area contributed by atoms with Gasteiger partial charge in [-0.15, -0.1) is 0 Å². The Morgan fingerprint density at radius 1 is 1.07 bits per heavy atom. The molecule has 1 rings (SSSR count). The van der Waals surface area contributed by atoms with Crippen LogP contribution in [0.4, 0.5) is 0 Å². The molecule has 0 fully saturated rings. The molecule has 14 heavy (non-hydrogen) atoms. The van der Waals surface area contributed by atoms with Gasteiger partial charge < -0.3 is 14.9 Å². The summed E-state index contributed by atoms with van der Waals surface area (Å²) in [6.07, 6.45) is 3.34. The summed E-state index contributed by atoms with van der Waals surface area (Å²) in [6, 6.07) is 3.43. The van der Waals surface area contributed by atoms with Gasteiger partial charge in [0.1, 0.15) is 12.4 Å². The van der Waals surface area contributed by atoms with Crippen molar-refractivity contribution in [1.29, 1.82) is 0 Å². The van der Waals surface area contributed by atoms with Gasteiger partial charge in [-0.2, -0.15) is 0 Å². The van der Waals surface area contributed by atoms with E-state index in [0.717, 1.165) is 0 Å². The molecule has 0 unspecified atom stereocenters. The fourth-order valence-corrected chi connectivity index (χ4v) is 0.891. The molecule has 0 radical (unpaired) electrons. The molecule has 1 heterocycles. The highest BCUT2D eigenvalue weighted by molar-refractivity contribution is 5.14. The van der Waals surface area contributed by atoms with Crippen molar-refractivity contribution in [2.75, 3.05) is 26.4 Å². The Kier molecular flexibility index (Phi) is 4.74. The molecular weight excluding hydrogens is 186 g/mol. The van der Waals surface area contributed by atoms with Crippen molar-refractivity contribution in [3.63, 3.8) is 0 Å². The number of aliphatic hydroxyl groups excluding tert-OH is 2. The zero-order valence-electron chi connectivity index (χ0n) is 7.80. The summed E-state index contributed by atoms with van der Waals surface area (Å²) in [7, 11) is 0. The molecule has 0 spiro atoms. The van der Waals surface area contributed by atoms with Crippen molar-refractivity contribution in [1.82, 2.24) is 0 Å². The summed E-state index contributed by atoms with van der Waals surface area (Å²) < 4.78 is 6.62. The summed E-state index contributed by atoms with van der Waals surface area (Å²) in [5.74, 6) is 0.669. The lowest BCUT2D eigenvalue weighted by Crippen LogP contribution is -2.42. The van der Waals surface area contributed by atoms with Crippen LogP contribution in [-0.2, 0) is 0 Å². The quantitative estimate of drug-likeness (QED) is 0.564. The molecule has 1 aromatic heterocycles. The maximum atomic E-state index is 8.52. The Labute approximate surface area is 82.1 Å². The van der Waals surface area contributed by atoms with Crippen LogP contribution in [0.25, 0.3) is 0 Å². The highest BCUT2D eigenvalue weighted by Gasteiger charge is 2.01. The number of nitrogens with zero attached hydrogens (tertiary/aromatic N) is 1. The van der Waals surface area contributed by atoms with Crippen molar-refractivity contribution in [3.8, 4) is 5.75 Å². The van der Waals surface area contributed by atoms with Gasteiger partial charge in [-0.3, -0.25) is 4.84 Å². The molecule has 0 aromatic carbocycles. The SMILES string of the molecule is OCCOc1cc[n+](OCCO)cc1. The van der Waals surface area contributed by atoms with E-state index in [9.17, 15) is 0 Å². The van der Waals surface area contributed by atoms with Crippen LogP contribution < -0.4 is 14.3 Å². The molecule has 0 saturated carbocycles. The lowest BCUT2D eigenvalue weighted by atomic mass is 10.4. The highest BCUT2D eigenvalue weighted by Crippen LogP contribution is 2.04. The molecule has 5 nitrogen and oxygen atoms in total. The van der Waals surface area contributed by atoms with Crippen molar-refractivity contribution in [2.45, 2.75) is 0 Å². The van der Waals surface area contributed by atoms with Gasteiger partial charge in [-0.25, -0.2) is 0 Å². The third-order valence-corrected chi connectivity index (χ3v) is 1.46. The molecule has 0 aliphatic carbocycles. The summed E-state index contributed by atoms with van der Waals surface area (Å²) in [5.41, 5.74) is 0. The van der Waals surface area contributed by atoms with Crippen LogP contribution in [-0.4, -0.2) is 36.6 Å². The minimum Gasteiger partial charge on any atom is -0.491 e. The molecule has 0 bridgehead atoms. The topological polar surface area (TPSA) is 62.8 Å². The largest absolute Gasteiger partial charge is 0.491 e. The molecular formula is C9H14NO4+. The van der Waals surface area contributed by atoms with Crippen LogP contribution in [0.5, 0.6) is 5.75 Å². The number of hydrogen-bond acceptors (Lipinski definition) is 4. The molecule has 2 N–H and O–H groups in total. The lowest BCUT2D eigenvalue weighted by Gasteiger charge is -2.01. The Morgan fingerprint density at radius 3 is 2.29 bits per heavy atom. The minimum atomic E-state index is -0.0181. The summed E-state index contributed by atoms with van der Waals surface area (Å²) in [4.78, 5) is 5.08. The molecule has 5 heteroatoms. The van der Waals surface area contributed by atoms with Crippen LogP contribution in [0, 0.1) is 0 Å². The van der Waals surface area contributed by atoms with Crippen molar-refractivity contribution in [2.24, 2.45) is 0 Å². The second-order valence-corrected chi connectivity index (χ2v) is 2.52. The number of hydrogen-bond donors (Lipinski definition) is 2. The Hall–Kier alpha value is -1.33. The van der Waals surface area contributed by atoms with Crippen molar-refractivity contribution in [3.05, 3.63) is 24.5 Å². The number of aliphatic hydroxyl groups is 2. The van der Waals surface area contributed by atoms with Crippen LogP contribution >= 0.6 is 0 Å². The average Bonchev–Trinajstić information content (AvgIpc) is 2.25. The lowest BCUT2D eigenvalue weighted by molar-refractivity contribution is -0.891. The predicted octanol–water partition coefficient (Wildman–Crippen LogP) is -1.23. The van der Waals surface area contributed by atoms with Gasteiger partial charge in [0.05, 0.1) is 13.2 Å². The van der Waals surface area contributed by atoms with Crippen LogP contribution in [0.2, 0.25) is 0 Å². The molecule has 0 amide bonds. The fraction of sp³-hybridized carbons (Fsp3) is 0.444. The van der Waals surface area contributed by atoms with Gasteiger partial charge in [0.2, 0.25) is 12.4 Å². The number of ether oxygens (including phenoxy) is 1. The van der Waals surface area contributed by atoms with E-state index in [1.807, 2.05) is 0 Å². The standard InChI is InChI=1S/C9H14NO4/c11-5-7-13-9-1-3-10(4-2-9)14-8-6-12/h1-4,11-12H,5-8H2/q+1. The zero-order chi connectivity index (χ0) is 10.2. The van der Waals surface area contributed by atoms with Gasteiger partial charge in [-0.1, -0.05) is 0 Å². The van der Waals surface area contributed by atoms with E-state index in [1.165, 1.54) is 4.73 Å². The minimum absolute atomic E-state index is 0.00406. The van der Waals surface area contributed by atoms with E-state index in [2.05, 4.69) is 0 Å². The third kappa shape index (κ3) is 3.59. The van der Waals surface area contributed by atoms with Gasteiger partial charge in [0.15, 0.2) is 6.61 Å². The first-order chi connectivity index (χ1) is 6.86. The van der Waals surface area contributed by atoms with E-state index in [-0.39, 0.29) is 26.4 Å². The molecule has 1 aromatic rings. The second kappa shape index (κ2) is 6.17. The van der Waals surface area contributed by atoms with Gasteiger partial charge >= 0.3 is 0 Å². The van der Waals surface area contributed by atoms with Gasteiger partial charge in [0.25, 0.3) is 0 Å². The van der Waals surface area contributed by atoms with E-state index >= 15 is 0 Å². The monoisotopic (exact) mass is 200 g/mol. The average molecular weight is 200 g/mol. The summed E-state index contributed by atoms with van der Waals surface area (Å²) >= 11 is 0. The molecule has 0 atom stereocenters. The summed E-state index contributed by atoms with van der Waals surface area (Å²) in [5, 5.41) is 17.0. The van der Waals surface area contributed by atoms with E-state index < -0.39 is 0 Å². The fourth-order valence-electron chi connectivity index (χ4n) is 0.891. The van der Waals surface area contributed by atoms with Gasteiger partial charge in [-0.05, 0) is 0 Å². The number of rotatable bonds is 6. The first-order valence-corrected chi connectivity index (χ1v) is 4.36. The van der Waals surface area contributed by atoms with E-state index in [0.29, 0.717) is 5.75 Å². The first kappa shape index (κ1) is 10.7. The predicted molar refractivity (Wildman–Crippen MR) is 47.8 cm³/mol.